The maximum Gasteiger partial charge on any atom is 0.236 e. The Bertz CT molecular complexity index is 6870. The van der Waals surface area contributed by atoms with E-state index in [0.717, 1.165) is 18.2 Å². The smallest absolute Gasteiger partial charge is 0.236 e. The fourth-order valence-electron chi connectivity index (χ4n) is 29.8. The Morgan fingerprint density at radius 1 is 0.286 bits per heavy atom. The summed E-state index contributed by atoms with van der Waals surface area (Å²) in [5.74, 6) is -1.30. The van der Waals surface area contributed by atoms with Gasteiger partial charge in [-0.3, -0.25) is 0 Å². The SMILES string of the molecule is Oc1ccc2c(c1)C13c4c5c6c7c8c9c%10c%11c%12c%13c%14c%15c%16c%17c%18c%19c%20c%21c%22c(c4c4c6c9c6c4c%22c(c%21%17)c4c%16c%13c%10c46)C1(O2)C%20=C1C%19(F)C2(F)c4c6c9c%10c%13c4C(F)(C%14(F)C%12(F)C%13(F)C(F)(C8%11F)C%10(F)C7(F)C5(F)C9(F)C3(F)C16F)C2(F)C%18%15F. The first-order chi connectivity index (χ1) is 39.8. The lowest BCUT2D eigenvalue weighted by Crippen LogP contribution is -2.86. The first kappa shape index (κ1) is 36.8. The minimum Gasteiger partial charge on any atom is -0.508 e. The van der Waals surface area contributed by atoms with Gasteiger partial charge in [-0.05, 0) is 148 Å². The molecule has 392 valence electrons. The number of allylic oxidation sites excluding steroid dienone is 1. The van der Waals surface area contributed by atoms with E-state index in [9.17, 15) is 5.11 Å². The molecule has 14 aromatic carbocycles. The van der Waals surface area contributed by atoms with Gasteiger partial charge in [0.05, 0.1) is 0 Å². The maximum atomic E-state index is 23.0. The van der Waals surface area contributed by atoms with Gasteiger partial charge in [0.15, 0.2) is 5.60 Å². The van der Waals surface area contributed by atoms with Crippen LogP contribution in [-0.2, 0) is 84.7 Å². The molecular formula is C66H4F16O2. The Balaban J connectivity index is 1.11. The summed E-state index contributed by atoms with van der Waals surface area (Å²) in [5.41, 5.74) is -127. The van der Waals surface area contributed by atoms with Gasteiger partial charge in [0, 0.05) is 106 Å². The van der Waals surface area contributed by atoms with Crippen LogP contribution in [0.2, 0.25) is 0 Å². The van der Waals surface area contributed by atoms with Crippen LogP contribution in [0.4, 0.5) is 70.2 Å². The van der Waals surface area contributed by atoms with E-state index in [1.165, 1.54) is 0 Å². The van der Waals surface area contributed by atoms with Crippen LogP contribution >= 0.6 is 0 Å². The Morgan fingerprint density at radius 2 is 0.655 bits per heavy atom. The molecule has 0 bridgehead atoms. The topological polar surface area (TPSA) is 29.5 Å². The van der Waals surface area contributed by atoms with Crippen LogP contribution in [-0.4, -0.2) is 22.1 Å². The predicted molar refractivity (Wildman–Crippen MR) is 259 cm³/mol. The molecule has 18 unspecified atom stereocenters. The normalized spacial score (nSPS) is 52.3. The van der Waals surface area contributed by atoms with Gasteiger partial charge < -0.3 is 9.84 Å². The van der Waals surface area contributed by atoms with Gasteiger partial charge in [0.1, 0.15) is 16.9 Å². The van der Waals surface area contributed by atoms with E-state index in [0.29, 0.717) is 0 Å². The fourth-order valence-corrected chi connectivity index (χ4v) is 29.8. The van der Waals surface area contributed by atoms with Gasteiger partial charge in [-0.1, -0.05) is 0 Å². The number of aromatic hydroxyl groups is 1. The van der Waals surface area contributed by atoms with Crippen LogP contribution in [0.25, 0.3) is 124 Å². The molecule has 2 nitrogen and oxygen atoms in total. The maximum absolute atomic E-state index is 23.0. The number of ether oxygens (including phenoxy) is 1. The number of hydrogen-bond acceptors (Lipinski definition) is 2. The van der Waals surface area contributed by atoms with E-state index in [2.05, 4.69) is 0 Å². The molecule has 18 atom stereocenters. The Morgan fingerprint density at radius 3 is 1.15 bits per heavy atom. The van der Waals surface area contributed by atoms with E-state index >= 15 is 70.2 Å². The van der Waals surface area contributed by atoms with Crippen LogP contribution in [0, 0.1) is 0 Å². The number of fused-ring (bicyclic) bond motifs is 1. The lowest BCUT2D eigenvalue weighted by Gasteiger charge is -2.69. The summed E-state index contributed by atoms with van der Waals surface area (Å²) in [5, 5.41) is 7.08. The highest BCUT2D eigenvalue weighted by Gasteiger charge is 3.17. The van der Waals surface area contributed by atoms with Crippen LogP contribution in [0.5, 0.6) is 11.5 Å². The van der Waals surface area contributed by atoms with Gasteiger partial charge in [0.25, 0.3) is 0 Å². The first-order valence-electron chi connectivity index (χ1n) is 28.1. The Labute approximate surface area is 445 Å². The summed E-state index contributed by atoms with van der Waals surface area (Å²) in [4.78, 5) is 0. The molecule has 0 amide bonds. The molecule has 0 fully saturated rings. The largest absolute Gasteiger partial charge is 0.508 e. The number of phenols is 1. The van der Waals surface area contributed by atoms with Crippen LogP contribution in [0.15, 0.2) is 23.8 Å². The second-order valence-corrected chi connectivity index (χ2v) is 29.5. The summed E-state index contributed by atoms with van der Waals surface area (Å²) in [6.07, 6.45) is 0. The van der Waals surface area contributed by atoms with E-state index in [1.54, 1.807) is 0 Å². The molecule has 34 rings (SSSR count). The van der Waals surface area contributed by atoms with Crippen molar-refractivity contribution < 1.29 is 80.1 Å². The van der Waals surface area contributed by atoms with E-state index in [-0.39, 0.29) is 91.7 Å². The zero-order valence-corrected chi connectivity index (χ0v) is 40.1. The number of halogens is 16. The molecule has 0 saturated heterocycles. The molecular weight excluding hydrogens is 1130 g/mol. The Hall–Kier alpha value is -7.76. The molecule has 20 aliphatic rings. The zero-order chi connectivity index (χ0) is 54.8. The molecule has 14 aromatic rings. The highest BCUT2D eigenvalue weighted by atomic mass is 19.2. The van der Waals surface area contributed by atoms with Gasteiger partial charge in [-0.15, -0.1) is 0 Å². The third-order valence-corrected chi connectivity index (χ3v) is 30.0. The van der Waals surface area contributed by atoms with E-state index in [1.807, 2.05) is 0 Å². The quantitative estimate of drug-likeness (QED) is 0.121. The molecule has 0 saturated carbocycles. The third-order valence-electron chi connectivity index (χ3n) is 30.0. The van der Waals surface area contributed by atoms with Crippen molar-refractivity contribution in [1.29, 1.82) is 0 Å². The minimum atomic E-state index is -5.98. The lowest BCUT2D eigenvalue weighted by atomic mass is 9.36. The average Bonchev–Trinajstić information content (AvgIpc) is 1.34. The molecule has 84 heavy (non-hydrogen) atoms. The first-order valence-corrected chi connectivity index (χ1v) is 28.1. The second kappa shape index (κ2) is 7.25. The summed E-state index contributed by atoms with van der Waals surface area (Å²) >= 11 is 0. The standard InChI is InChI=1S/C66H4F16O2/c67-50-32-22-16-10-8-7-9-11-12(10)21-20(16)27-36(32)52(69)48-41(27)54-30(21)26-17(11)19-15(9)25-24-13(7)18-14(8)23(22)33(50)39-29(18)40-35(24)51(68)34(25)38-28(19)37-31(26)49(54,5-3-4(83)1-2-6(5)84-54)64(80)53(48,70)42-43-45-47-46-44(42)60(64,76)56(37,72)57(38,73)62(46,78)66(51,82)63(47,79)59(40,75)58(39,74)61(45,77)65(50,81)55(43,52)71/h1-3,83H. The van der Waals surface area contributed by atoms with Crippen molar-refractivity contribution >= 4 is 124 Å². The number of alkyl halides is 16. The highest BCUT2D eigenvalue weighted by Crippen LogP contribution is 3.07. The molecule has 19 aliphatic carbocycles. The summed E-state index contributed by atoms with van der Waals surface area (Å²) in [7, 11) is 0. The van der Waals surface area contributed by atoms with Gasteiger partial charge >= 0.3 is 0 Å². The predicted octanol–water partition coefficient (Wildman–Crippen LogP) is 15.1. The summed E-state index contributed by atoms with van der Waals surface area (Å²) < 4.78 is 360. The monoisotopic (exact) mass is 1130 g/mol. The molecule has 1 N–H and O–H groups in total. The van der Waals surface area contributed by atoms with Gasteiger partial charge in [-0.25, -0.2) is 70.2 Å². The lowest BCUT2D eigenvalue weighted by molar-refractivity contribution is -0.378. The number of rotatable bonds is 0. The minimum absolute atomic E-state index is 0.00769. The molecule has 0 aromatic heterocycles. The zero-order valence-electron chi connectivity index (χ0n) is 40.1. The van der Waals surface area contributed by atoms with Crippen LogP contribution < -0.4 is 4.74 Å². The number of phenolic OH excluding ortho intramolecular Hbond substituents is 1. The van der Waals surface area contributed by atoms with E-state index in [4.69, 9.17) is 4.74 Å². The number of benzene rings is 11. The molecule has 1 heterocycles. The van der Waals surface area contributed by atoms with Crippen molar-refractivity contribution in [2.45, 2.75) is 102 Å². The number of hydrogen-bond donors (Lipinski definition) is 1. The van der Waals surface area contributed by atoms with Crippen molar-refractivity contribution in [1.82, 2.24) is 0 Å². The van der Waals surface area contributed by atoms with Crippen molar-refractivity contribution in [3.05, 3.63) is 129 Å². The molecule has 0 radical (unpaired) electrons. The third kappa shape index (κ3) is 1.59. The van der Waals surface area contributed by atoms with Crippen LogP contribution in [0.1, 0.15) is 106 Å². The Kier molecular flexibility index (Phi) is 3.18. The van der Waals surface area contributed by atoms with Crippen molar-refractivity contribution in [2.24, 2.45) is 0 Å². The molecule has 2 spiro atoms. The summed E-state index contributed by atoms with van der Waals surface area (Å²) in [6, 6.07) is 2.93. The highest BCUT2D eigenvalue weighted by molar-refractivity contribution is 6.67. The van der Waals surface area contributed by atoms with Crippen molar-refractivity contribution in [3.63, 3.8) is 0 Å². The van der Waals surface area contributed by atoms with Crippen molar-refractivity contribution in [2.75, 3.05) is 0 Å². The van der Waals surface area contributed by atoms with E-state index < -0.39 is 257 Å². The van der Waals surface area contributed by atoms with Crippen LogP contribution in [0.3, 0.4) is 0 Å². The van der Waals surface area contributed by atoms with Crippen molar-refractivity contribution in [3.8, 4) is 11.5 Å². The van der Waals surface area contributed by atoms with Gasteiger partial charge in [0.2, 0.25) is 90.7 Å². The van der Waals surface area contributed by atoms with Gasteiger partial charge in [-0.2, -0.15) is 0 Å². The summed E-state index contributed by atoms with van der Waals surface area (Å²) in [6.45, 7) is 0. The second-order valence-electron chi connectivity index (χ2n) is 29.5. The fraction of sp³-hybridized carbons (Fsp3) is 0.273. The molecule has 18 heteroatoms. The average molecular weight is 1130 g/mol. The molecule has 1 aliphatic heterocycles.